The fourth-order valence-corrected chi connectivity index (χ4v) is 5.83. The van der Waals surface area contributed by atoms with Gasteiger partial charge in [0.05, 0.1) is 11.8 Å². The number of carbonyl (C=O) groups is 1. The van der Waals surface area contributed by atoms with E-state index in [1.807, 2.05) is 48.5 Å². The van der Waals surface area contributed by atoms with Crippen LogP contribution in [0, 0.1) is 0 Å². The van der Waals surface area contributed by atoms with Crippen LogP contribution >= 0.6 is 11.8 Å². The fourth-order valence-electron chi connectivity index (χ4n) is 4.48. The van der Waals surface area contributed by atoms with Crippen molar-refractivity contribution in [3.8, 4) is 11.3 Å². The molecule has 0 bridgehead atoms. The summed E-state index contributed by atoms with van der Waals surface area (Å²) in [6.45, 7) is 4.17. The molecular weight excluding hydrogens is 454 g/mol. The van der Waals surface area contributed by atoms with Crippen molar-refractivity contribution in [2.75, 3.05) is 26.2 Å². The van der Waals surface area contributed by atoms with Crippen molar-refractivity contribution < 1.29 is 9.32 Å². The summed E-state index contributed by atoms with van der Waals surface area (Å²) in [6, 6.07) is 33.0. The number of carbonyl (C=O) groups excluding carboxylic acids is 1. The Kier molecular flexibility index (Phi) is 7.73. The smallest absolute Gasteiger partial charge is 0.151 e. The van der Waals surface area contributed by atoms with Crippen molar-refractivity contribution in [2.24, 2.45) is 0 Å². The molecule has 1 aliphatic rings. The van der Waals surface area contributed by atoms with Crippen LogP contribution in [0.4, 0.5) is 0 Å². The summed E-state index contributed by atoms with van der Waals surface area (Å²) in [5.41, 5.74) is 4.36. The lowest BCUT2D eigenvalue weighted by Gasteiger charge is -2.37. The van der Waals surface area contributed by atoms with Crippen molar-refractivity contribution in [3.05, 3.63) is 114 Å². The Morgan fingerprint density at radius 3 is 1.97 bits per heavy atom. The monoisotopic (exact) mass is 483 g/mol. The first-order valence-corrected chi connectivity index (χ1v) is 12.9. The van der Waals surface area contributed by atoms with Gasteiger partial charge in [-0.3, -0.25) is 9.80 Å². The highest BCUT2D eigenvalue weighted by molar-refractivity contribution is 8.00. The maximum Gasteiger partial charge on any atom is 0.151 e. The molecule has 2 heterocycles. The number of rotatable bonds is 9. The number of aldehydes is 1. The van der Waals surface area contributed by atoms with Gasteiger partial charge in [0.25, 0.3) is 0 Å². The van der Waals surface area contributed by atoms with Gasteiger partial charge >= 0.3 is 0 Å². The molecule has 1 fully saturated rings. The highest BCUT2D eigenvalue weighted by atomic mass is 32.2. The minimum absolute atomic E-state index is 0.108. The number of hydrogen-bond acceptors (Lipinski definition) is 6. The third-order valence-electron chi connectivity index (χ3n) is 6.37. The number of aromatic nitrogens is 1. The number of benzene rings is 3. The second kappa shape index (κ2) is 11.5. The van der Waals surface area contributed by atoms with Crippen LogP contribution in [0.25, 0.3) is 11.3 Å². The fraction of sp³-hybridized carbons (Fsp3) is 0.241. The van der Waals surface area contributed by atoms with Crippen molar-refractivity contribution in [2.45, 2.75) is 17.2 Å². The van der Waals surface area contributed by atoms with E-state index in [-0.39, 0.29) is 10.6 Å². The van der Waals surface area contributed by atoms with Crippen LogP contribution in [0.3, 0.4) is 0 Å². The lowest BCUT2D eigenvalue weighted by Crippen LogP contribution is -2.49. The van der Waals surface area contributed by atoms with Gasteiger partial charge in [0.15, 0.2) is 5.76 Å². The van der Waals surface area contributed by atoms with Gasteiger partial charge in [-0.25, -0.2) is 0 Å². The van der Waals surface area contributed by atoms with E-state index < -0.39 is 0 Å². The Hall–Kier alpha value is -3.19. The molecule has 0 saturated carbocycles. The van der Waals surface area contributed by atoms with Gasteiger partial charge in [0.2, 0.25) is 0 Å². The maximum absolute atomic E-state index is 12.2. The second-order valence-corrected chi connectivity index (χ2v) is 9.95. The zero-order valence-electron chi connectivity index (χ0n) is 19.6. The SMILES string of the molecule is O=CC(SC(c1ccccc1)c1ccccc1)N1CCN(Cc2cc(-c3ccccc3)no2)CC1. The van der Waals surface area contributed by atoms with Gasteiger partial charge in [-0.1, -0.05) is 96.2 Å². The molecule has 1 saturated heterocycles. The molecule has 35 heavy (non-hydrogen) atoms. The number of hydrogen-bond donors (Lipinski definition) is 0. The minimum atomic E-state index is -0.197. The Morgan fingerprint density at radius 1 is 0.829 bits per heavy atom. The van der Waals surface area contributed by atoms with Crippen molar-refractivity contribution in [3.63, 3.8) is 0 Å². The van der Waals surface area contributed by atoms with Crippen molar-refractivity contribution in [1.29, 1.82) is 0 Å². The molecule has 3 aromatic carbocycles. The van der Waals surface area contributed by atoms with Crippen molar-refractivity contribution in [1.82, 2.24) is 15.0 Å². The van der Waals surface area contributed by atoms with E-state index in [9.17, 15) is 4.79 Å². The largest absolute Gasteiger partial charge is 0.359 e. The van der Waals surface area contributed by atoms with Gasteiger partial charge in [-0.15, -0.1) is 11.8 Å². The predicted octanol–water partition coefficient (Wildman–Crippen LogP) is 5.51. The standard InChI is InChI=1S/C29H29N3O2S/c33-22-28(35-29(24-12-6-2-7-13-24)25-14-8-3-9-15-25)32-18-16-31(17-19-32)21-26-20-27(30-34-26)23-10-4-1-5-11-23/h1-15,20,22,28-29H,16-19,21H2. The van der Waals surface area contributed by atoms with Crippen molar-refractivity contribution >= 4 is 18.0 Å². The average Bonchev–Trinajstić information content (AvgIpc) is 3.40. The van der Waals surface area contributed by atoms with Crippen LogP contribution in [-0.4, -0.2) is 52.8 Å². The summed E-state index contributed by atoms with van der Waals surface area (Å²) in [6.07, 6.45) is 1.10. The van der Waals surface area contributed by atoms with Crippen LogP contribution in [0.15, 0.2) is 102 Å². The summed E-state index contributed by atoms with van der Waals surface area (Å²) >= 11 is 1.72. The molecule has 1 unspecified atom stereocenters. The van der Waals surface area contributed by atoms with Crippen LogP contribution < -0.4 is 0 Å². The van der Waals surface area contributed by atoms with E-state index in [1.165, 1.54) is 11.1 Å². The molecule has 0 radical (unpaired) electrons. The molecule has 0 aliphatic carbocycles. The molecule has 1 aromatic heterocycles. The Balaban J connectivity index is 1.21. The van der Waals surface area contributed by atoms with Crippen LogP contribution in [0.2, 0.25) is 0 Å². The quantitative estimate of drug-likeness (QED) is 0.293. The molecule has 0 N–H and O–H groups in total. The third-order valence-corrected chi connectivity index (χ3v) is 7.88. The van der Waals surface area contributed by atoms with Gasteiger partial charge in [-0.2, -0.15) is 0 Å². The zero-order valence-corrected chi connectivity index (χ0v) is 20.4. The van der Waals surface area contributed by atoms with Crippen LogP contribution in [0.1, 0.15) is 22.1 Å². The summed E-state index contributed by atoms with van der Waals surface area (Å²) in [5.74, 6) is 0.867. The van der Waals surface area contributed by atoms with Gasteiger partial charge in [0.1, 0.15) is 17.4 Å². The van der Waals surface area contributed by atoms with Crippen LogP contribution in [-0.2, 0) is 11.3 Å². The third kappa shape index (κ3) is 5.90. The first-order chi connectivity index (χ1) is 17.3. The molecule has 178 valence electrons. The Labute approximate surface area is 210 Å². The lowest BCUT2D eigenvalue weighted by molar-refractivity contribution is -0.110. The first-order valence-electron chi connectivity index (χ1n) is 12.0. The van der Waals surface area contributed by atoms with Crippen LogP contribution in [0.5, 0.6) is 0 Å². The number of thioether (sulfide) groups is 1. The minimum Gasteiger partial charge on any atom is -0.359 e. The molecule has 1 aliphatic heterocycles. The van der Waals surface area contributed by atoms with E-state index >= 15 is 0 Å². The second-order valence-electron chi connectivity index (χ2n) is 8.72. The van der Waals surface area contributed by atoms with E-state index in [0.717, 1.165) is 56.0 Å². The highest BCUT2D eigenvalue weighted by Gasteiger charge is 2.28. The lowest BCUT2D eigenvalue weighted by atomic mass is 10.0. The molecule has 0 amide bonds. The van der Waals surface area contributed by atoms with E-state index in [4.69, 9.17) is 4.52 Å². The van der Waals surface area contributed by atoms with E-state index in [1.54, 1.807) is 11.8 Å². The van der Waals surface area contributed by atoms with E-state index in [2.05, 4.69) is 63.5 Å². The number of nitrogens with zero attached hydrogens (tertiary/aromatic N) is 3. The predicted molar refractivity (Wildman–Crippen MR) is 141 cm³/mol. The summed E-state index contributed by atoms with van der Waals surface area (Å²) in [5, 5.41) is 4.15. The summed E-state index contributed by atoms with van der Waals surface area (Å²) < 4.78 is 5.60. The molecular formula is C29H29N3O2S. The molecule has 6 heteroatoms. The first kappa shape index (κ1) is 23.5. The zero-order chi connectivity index (χ0) is 23.9. The highest BCUT2D eigenvalue weighted by Crippen LogP contribution is 2.39. The number of piperazine rings is 1. The molecule has 0 spiro atoms. The molecule has 4 aromatic rings. The Morgan fingerprint density at radius 2 is 1.40 bits per heavy atom. The maximum atomic E-state index is 12.2. The van der Waals surface area contributed by atoms with Gasteiger partial charge in [0, 0.05) is 37.8 Å². The van der Waals surface area contributed by atoms with Gasteiger partial charge < -0.3 is 9.32 Å². The molecule has 1 atom stereocenters. The summed E-state index contributed by atoms with van der Waals surface area (Å²) in [7, 11) is 0. The molecule has 5 nitrogen and oxygen atoms in total. The molecule has 5 rings (SSSR count). The Bertz CT molecular complexity index is 1150. The normalized spacial score (nSPS) is 15.8. The average molecular weight is 484 g/mol. The van der Waals surface area contributed by atoms with E-state index in [0.29, 0.717) is 0 Å². The van der Waals surface area contributed by atoms with Gasteiger partial charge in [-0.05, 0) is 11.1 Å². The topological polar surface area (TPSA) is 49.6 Å². The summed E-state index contributed by atoms with van der Waals surface area (Å²) in [4.78, 5) is 16.9.